The van der Waals surface area contributed by atoms with Crippen LogP contribution in [0.5, 0.6) is 5.75 Å². The third kappa shape index (κ3) is 2.47. The summed E-state index contributed by atoms with van der Waals surface area (Å²) in [5.41, 5.74) is 1.76. The molecule has 1 aliphatic rings. The van der Waals surface area contributed by atoms with Crippen molar-refractivity contribution in [3.8, 4) is 11.4 Å². The quantitative estimate of drug-likeness (QED) is 0.611. The number of hydrogen-bond donors (Lipinski definition) is 3. The molecule has 4 rings (SSSR count). The molecule has 5 nitrogen and oxygen atoms in total. The van der Waals surface area contributed by atoms with E-state index < -0.39 is 0 Å². The zero-order valence-corrected chi connectivity index (χ0v) is 14.0. The molecule has 0 fully saturated rings. The van der Waals surface area contributed by atoms with Crippen LogP contribution < -0.4 is 10.6 Å². The second-order valence-electron chi connectivity index (χ2n) is 5.36. The summed E-state index contributed by atoms with van der Waals surface area (Å²) >= 11 is 6.74. The maximum absolute atomic E-state index is 12.5. The van der Waals surface area contributed by atoms with Gasteiger partial charge in [-0.15, -0.1) is 0 Å². The van der Waals surface area contributed by atoms with Crippen LogP contribution in [-0.4, -0.2) is 15.6 Å². The normalized spacial score (nSPS) is 16.2. The van der Waals surface area contributed by atoms with E-state index >= 15 is 0 Å². The molecule has 120 valence electrons. The van der Waals surface area contributed by atoms with Crippen LogP contribution in [0.3, 0.4) is 0 Å². The van der Waals surface area contributed by atoms with Crippen LogP contribution in [0, 0.1) is 3.95 Å². The first-order valence-electron chi connectivity index (χ1n) is 7.31. The van der Waals surface area contributed by atoms with Crippen LogP contribution in [0.1, 0.15) is 21.4 Å². The van der Waals surface area contributed by atoms with E-state index in [4.69, 9.17) is 12.2 Å². The molecule has 1 aliphatic heterocycles. The molecule has 1 atom stereocenters. The number of rotatable bonds is 2. The number of carbonyl (C=O) groups is 1. The van der Waals surface area contributed by atoms with E-state index in [-0.39, 0.29) is 17.8 Å². The van der Waals surface area contributed by atoms with E-state index in [0.29, 0.717) is 14.6 Å². The van der Waals surface area contributed by atoms with Gasteiger partial charge in [-0.3, -0.25) is 9.36 Å². The Labute approximate surface area is 147 Å². The number of hydrogen-bond acceptors (Lipinski definition) is 5. The fraction of sp³-hybridized carbons (Fsp3) is 0.0588. The number of nitrogens with one attached hydrogen (secondary N) is 2. The van der Waals surface area contributed by atoms with Gasteiger partial charge < -0.3 is 15.7 Å². The lowest BCUT2D eigenvalue weighted by molar-refractivity contribution is 0.0939. The molecule has 7 heteroatoms. The molecule has 2 heterocycles. The minimum Gasteiger partial charge on any atom is -0.508 e. The fourth-order valence-electron chi connectivity index (χ4n) is 2.67. The highest BCUT2D eigenvalue weighted by Crippen LogP contribution is 2.34. The smallest absolute Gasteiger partial charge is 0.267 e. The van der Waals surface area contributed by atoms with Crippen molar-refractivity contribution >= 4 is 35.3 Å². The average molecular weight is 355 g/mol. The first-order chi connectivity index (χ1) is 11.6. The summed E-state index contributed by atoms with van der Waals surface area (Å²) in [6.45, 7) is 0. The maximum Gasteiger partial charge on any atom is 0.267 e. The first kappa shape index (κ1) is 14.9. The molecule has 0 spiro atoms. The summed E-state index contributed by atoms with van der Waals surface area (Å²) in [6, 6.07) is 16.4. The number of carbonyl (C=O) groups excluding carboxylic acids is 1. The molecule has 3 aromatic rings. The van der Waals surface area contributed by atoms with Gasteiger partial charge in [-0.2, -0.15) is 0 Å². The number of aromatic nitrogens is 1. The SMILES string of the molecule is O=C1N[C@@H](c2ccc(O)cc2)Nc2c1sc(=S)n2-c1ccccc1. The van der Waals surface area contributed by atoms with Crippen LogP contribution in [0.2, 0.25) is 0 Å². The van der Waals surface area contributed by atoms with Crippen molar-refractivity contribution in [3.63, 3.8) is 0 Å². The molecule has 0 saturated carbocycles. The molecule has 0 radical (unpaired) electrons. The predicted octanol–water partition coefficient (Wildman–Crippen LogP) is 3.83. The molecule has 0 unspecified atom stereocenters. The van der Waals surface area contributed by atoms with Crippen molar-refractivity contribution in [1.29, 1.82) is 0 Å². The fourth-order valence-corrected chi connectivity index (χ4v) is 3.98. The van der Waals surface area contributed by atoms with Crippen molar-refractivity contribution in [3.05, 3.63) is 69.0 Å². The number of benzene rings is 2. The molecule has 0 aliphatic carbocycles. The number of amides is 1. The highest BCUT2D eigenvalue weighted by atomic mass is 32.1. The zero-order chi connectivity index (χ0) is 16.7. The monoisotopic (exact) mass is 355 g/mol. The molecule has 3 N–H and O–H groups in total. The van der Waals surface area contributed by atoms with Gasteiger partial charge in [0, 0.05) is 5.69 Å². The molecule has 1 amide bonds. The Hall–Kier alpha value is -2.64. The maximum atomic E-state index is 12.5. The summed E-state index contributed by atoms with van der Waals surface area (Å²) < 4.78 is 2.49. The van der Waals surface area contributed by atoms with E-state index in [1.807, 2.05) is 34.9 Å². The minimum atomic E-state index is -0.385. The number of phenols is 1. The van der Waals surface area contributed by atoms with E-state index in [9.17, 15) is 9.90 Å². The number of fused-ring (bicyclic) bond motifs is 1. The van der Waals surface area contributed by atoms with Crippen molar-refractivity contribution in [2.24, 2.45) is 0 Å². The summed E-state index contributed by atoms with van der Waals surface area (Å²) in [7, 11) is 0. The van der Waals surface area contributed by atoms with E-state index in [1.165, 1.54) is 11.3 Å². The van der Waals surface area contributed by atoms with Gasteiger partial charge in [0.15, 0.2) is 3.95 Å². The Morgan fingerprint density at radius 1 is 1.04 bits per heavy atom. The second-order valence-corrected chi connectivity index (χ2v) is 7.00. The Bertz CT molecular complexity index is 962. The van der Waals surface area contributed by atoms with E-state index in [0.717, 1.165) is 11.3 Å². The molecule has 0 saturated heterocycles. The van der Waals surface area contributed by atoms with Crippen LogP contribution >= 0.6 is 23.6 Å². The first-order valence-corrected chi connectivity index (χ1v) is 8.53. The van der Waals surface area contributed by atoms with Gasteiger partial charge >= 0.3 is 0 Å². The summed E-state index contributed by atoms with van der Waals surface area (Å²) in [5.74, 6) is 0.718. The van der Waals surface area contributed by atoms with Gasteiger partial charge in [-0.25, -0.2) is 0 Å². The highest BCUT2D eigenvalue weighted by Gasteiger charge is 2.29. The van der Waals surface area contributed by atoms with Crippen molar-refractivity contribution in [2.45, 2.75) is 6.17 Å². The van der Waals surface area contributed by atoms with Crippen LogP contribution in [0.15, 0.2) is 54.6 Å². The molecule has 0 bridgehead atoms. The lowest BCUT2D eigenvalue weighted by atomic mass is 10.1. The van der Waals surface area contributed by atoms with Gasteiger partial charge in [0.05, 0.1) is 0 Å². The lowest BCUT2D eigenvalue weighted by Gasteiger charge is -2.27. The predicted molar refractivity (Wildman–Crippen MR) is 96.4 cm³/mol. The van der Waals surface area contributed by atoms with E-state index in [2.05, 4.69) is 10.6 Å². The topological polar surface area (TPSA) is 66.3 Å². The zero-order valence-electron chi connectivity index (χ0n) is 12.4. The number of aromatic hydroxyl groups is 1. The van der Waals surface area contributed by atoms with Gasteiger partial charge in [-0.05, 0) is 42.0 Å². The summed E-state index contributed by atoms with van der Waals surface area (Å²) in [5, 5.41) is 15.7. The van der Waals surface area contributed by atoms with E-state index in [1.54, 1.807) is 24.3 Å². The number of phenolic OH excluding ortho intramolecular Hbond substituents is 1. The van der Waals surface area contributed by atoms with Crippen LogP contribution in [0.4, 0.5) is 5.82 Å². The van der Waals surface area contributed by atoms with Gasteiger partial charge in [0.25, 0.3) is 5.91 Å². The standard InChI is InChI=1S/C17H13N3O2S2/c21-12-8-6-10(7-9-12)14-18-15-13(16(22)19-14)24-17(23)20(15)11-4-2-1-3-5-11/h1-9,14,18,21H,(H,19,22)/t14-/m0/s1. The summed E-state index contributed by atoms with van der Waals surface area (Å²) in [4.78, 5) is 13.1. The van der Waals surface area contributed by atoms with Gasteiger partial charge in [-0.1, -0.05) is 41.7 Å². The van der Waals surface area contributed by atoms with Crippen molar-refractivity contribution in [1.82, 2.24) is 9.88 Å². The Balaban J connectivity index is 1.80. The van der Waals surface area contributed by atoms with Gasteiger partial charge in [0.1, 0.15) is 22.6 Å². The average Bonchev–Trinajstić information content (AvgIpc) is 2.93. The largest absolute Gasteiger partial charge is 0.508 e. The molecular formula is C17H13N3O2S2. The Morgan fingerprint density at radius 3 is 2.46 bits per heavy atom. The van der Waals surface area contributed by atoms with Crippen LogP contribution in [0.25, 0.3) is 5.69 Å². The number of nitrogens with zero attached hydrogens (tertiary/aromatic N) is 1. The third-order valence-electron chi connectivity index (χ3n) is 3.81. The van der Waals surface area contributed by atoms with Crippen LogP contribution in [-0.2, 0) is 0 Å². The molecule has 1 aromatic heterocycles. The third-order valence-corrected chi connectivity index (χ3v) is 5.19. The second kappa shape index (κ2) is 5.77. The Kier molecular flexibility index (Phi) is 3.59. The van der Waals surface area contributed by atoms with Crippen molar-refractivity contribution in [2.75, 3.05) is 5.32 Å². The highest BCUT2D eigenvalue weighted by molar-refractivity contribution is 7.73. The minimum absolute atomic E-state index is 0.160. The summed E-state index contributed by atoms with van der Waals surface area (Å²) in [6.07, 6.45) is -0.385. The lowest BCUT2D eigenvalue weighted by Crippen LogP contribution is -2.38. The number of para-hydroxylation sites is 1. The molecular weight excluding hydrogens is 342 g/mol. The molecule has 2 aromatic carbocycles. The number of anilines is 1. The van der Waals surface area contributed by atoms with Crippen molar-refractivity contribution < 1.29 is 9.90 Å². The number of thiazole rings is 1. The Morgan fingerprint density at radius 2 is 1.75 bits per heavy atom. The van der Waals surface area contributed by atoms with Gasteiger partial charge in [0.2, 0.25) is 0 Å². The molecule has 24 heavy (non-hydrogen) atoms.